The first-order chi connectivity index (χ1) is 8.62. The third-order valence-corrected chi connectivity index (χ3v) is 4.90. The molecule has 0 aromatic rings. The monoisotopic (exact) mass is 265 g/mol. The first kappa shape index (κ1) is 12.4. The fourth-order valence-electron chi connectivity index (χ4n) is 3.39. The normalized spacial score (nSPS) is 38.9. The Bertz CT molecular complexity index is 572. The maximum absolute atomic E-state index is 12.7. The van der Waals surface area contributed by atoms with Crippen LogP contribution in [0.5, 0.6) is 0 Å². The van der Waals surface area contributed by atoms with Gasteiger partial charge in [0.15, 0.2) is 5.78 Å². The molecule has 0 saturated heterocycles. The van der Waals surface area contributed by atoms with Crippen molar-refractivity contribution in [3.63, 3.8) is 0 Å². The van der Waals surface area contributed by atoms with E-state index in [4.69, 9.17) is 40.1 Å². The zero-order valence-electron chi connectivity index (χ0n) is 10.4. The number of carbonyl (C=O) groups is 1. The number of fused-ring (bicyclic) bond motifs is 1. The largest absolute Gasteiger partial charge is 0.401 e. The smallest absolute Gasteiger partial charge is 0.194 e. The zero-order chi connectivity index (χ0) is 14.4. The van der Waals surface area contributed by atoms with Gasteiger partial charge in [0.25, 0.3) is 0 Å². The summed E-state index contributed by atoms with van der Waals surface area (Å²) in [4.78, 5) is 12.7. The van der Waals surface area contributed by atoms with Gasteiger partial charge in [0.05, 0.1) is 17.4 Å². The maximum Gasteiger partial charge on any atom is 0.194 e. The molecule has 0 aromatic carbocycles. The van der Waals surface area contributed by atoms with E-state index < -0.39 is 28.4 Å². The van der Waals surface area contributed by atoms with Gasteiger partial charge in [-0.05, 0) is 12.8 Å². The van der Waals surface area contributed by atoms with Crippen LogP contribution in [0.2, 0.25) is 0 Å². The Balaban J connectivity index is 2.35. The third kappa shape index (κ3) is 0.995. The summed E-state index contributed by atoms with van der Waals surface area (Å²) < 4.78 is 0. The van der Waals surface area contributed by atoms with Crippen LogP contribution in [0.3, 0.4) is 0 Å². The van der Waals surface area contributed by atoms with Crippen molar-refractivity contribution in [1.29, 1.82) is 0 Å². The van der Waals surface area contributed by atoms with Crippen LogP contribution in [0.15, 0.2) is 22.7 Å². The summed E-state index contributed by atoms with van der Waals surface area (Å²) >= 11 is 0. The molecule has 0 bridgehead atoms. The molecule has 3 aliphatic carbocycles. The highest BCUT2D eigenvalue weighted by molar-refractivity contribution is 6.05. The summed E-state index contributed by atoms with van der Waals surface area (Å²) in [5.74, 6) is -0.558. The summed E-state index contributed by atoms with van der Waals surface area (Å²) in [6.07, 6.45) is 1.25. The topological polar surface area (TPSA) is 199 Å². The molecule has 0 amide bonds. The van der Waals surface area contributed by atoms with Gasteiger partial charge in [-0.3, -0.25) is 4.79 Å². The summed E-state index contributed by atoms with van der Waals surface area (Å²) in [7, 11) is 0. The van der Waals surface area contributed by atoms with Crippen molar-refractivity contribution in [2.24, 2.45) is 45.6 Å². The second-order valence-electron chi connectivity index (χ2n) is 5.78. The Morgan fingerprint density at radius 1 is 1.05 bits per heavy atom. The van der Waals surface area contributed by atoms with Crippen molar-refractivity contribution in [3.8, 4) is 0 Å². The molecule has 3 aliphatic rings. The Morgan fingerprint density at radius 2 is 1.58 bits per heavy atom. The highest BCUT2D eigenvalue weighted by atomic mass is 16.1. The van der Waals surface area contributed by atoms with Gasteiger partial charge in [-0.1, -0.05) is 0 Å². The lowest BCUT2D eigenvalue weighted by Gasteiger charge is -2.46. The Morgan fingerprint density at radius 3 is 2.05 bits per heavy atom. The van der Waals surface area contributed by atoms with E-state index in [0.29, 0.717) is 24.1 Å². The Kier molecular flexibility index (Phi) is 1.92. The predicted octanol–water partition coefficient (Wildman–Crippen LogP) is -3.66. The van der Waals surface area contributed by atoms with Crippen LogP contribution in [-0.4, -0.2) is 23.0 Å². The molecule has 14 N–H and O–H groups in total. The molecule has 1 spiro atoms. The van der Waals surface area contributed by atoms with E-state index in [2.05, 4.69) is 0 Å². The first-order valence-electron chi connectivity index (χ1n) is 6.05. The zero-order valence-corrected chi connectivity index (χ0v) is 10.4. The van der Waals surface area contributed by atoms with Crippen molar-refractivity contribution in [2.75, 3.05) is 0 Å². The van der Waals surface area contributed by atoms with Gasteiger partial charge in [0.2, 0.25) is 0 Å². The second-order valence-corrected chi connectivity index (χ2v) is 5.78. The Labute approximate surface area is 110 Å². The van der Waals surface area contributed by atoms with Gasteiger partial charge in [0.1, 0.15) is 11.2 Å². The highest BCUT2D eigenvalue weighted by Gasteiger charge is 2.72. The van der Waals surface area contributed by atoms with Crippen LogP contribution in [0, 0.1) is 5.41 Å². The maximum atomic E-state index is 12.7. The molecule has 1 fully saturated rings. The van der Waals surface area contributed by atoms with E-state index in [0.717, 1.165) is 0 Å². The van der Waals surface area contributed by atoms with Gasteiger partial charge in [-0.15, -0.1) is 0 Å². The van der Waals surface area contributed by atoms with Crippen molar-refractivity contribution in [2.45, 2.75) is 30.1 Å². The molecule has 8 heteroatoms. The van der Waals surface area contributed by atoms with Crippen LogP contribution in [0.1, 0.15) is 12.8 Å². The van der Waals surface area contributed by atoms with Crippen LogP contribution >= 0.6 is 0 Å². The van der Waals surface area contributed by atoms with Crippen LogP contribution in [0.25, 0.3) is 0 Å². The lowest BCUT2D eigenvalue weighted by atomic mass is 9.65. The van der Waals surface area contributed by atoms with E-state index in [1.165, 1.54) is 0 Å². The van der Waals surface area contributed by atoms with Gasteiger partial charge < -0.3 is 40.1 Å². The van der Waals surface area contributed by atoms with Crippen LogP contribution in [0.4, 0.5) is 0 Å². The second kappa shape index (κ2) is 2.93. The summed E-state index contributed by atoms with van der Waals surface area (Å²) in [6.45, 7) is 0. The Hall–Kier alpha value is -1.61. The van der Waals surface area contributed by atoms with E-state index in [1.54, 1.807) is 0 Å². The quantitative estimate of drug-likeness (QED) is 0.217. The summed E-state index contributed by atoms with van der Waals surface area (Å²) in [6, 6.07) is -0.962. The van der Waals surface area contributed by atoms with Crippen molar-refractivity contribution >= 4 is 5.78 Å². The number of Topliss-reactive ketones (excluding diaryl/α,β-unsaturated/α-hetero) is 1. The lowest BCUT2D eigenvalue weighted by molar-refractivity contribution is -0.131. The number of ketones is 1. The molecule has 19 heavy (non-hydrogen) atoms. The van der Waals surface area contributed by atoms with Gasteiger partial charge in [-0.25, -0.2) is 0 Å². The molecule has 1 saturated carbocycles. The van der Waals surface area contributed by atoms with Crippen molar-refractivity contribution in [1.82, 2.24) is 0 Å². The summed E-state index contributed by atoms with van der Waals surface area (Å²) in [5.41, 5.74) is 39.0. The average molecular weight is 265 g/mol. The average Bonchev–Trinajstić information content (AvgIpc) is 3.12. The number of carbonyl (C=O) groups excluding carboxylic acids is 1. The van der Waals surface area contributed by atoms with Gasteiger partial charge in [-0.2, -0.15) is 0 Å². The van der Waals surface area contributed by atoms with Crippen LogP contribution in [-0.2, 0) is 4.79 Å². The van der Waals surface area contributed by atoms with E-state index >= 15 is 0 Å². The third-order valence-electron chi connectivity index (χ3n) is 4.90. The van der Waals surface area contributed by atoms with E-state index in [1.807, 2.05) is 0 Å². The molecule has 0 heterocycles. The van der Waals surface area contributed by atoms with Crippen LogP contribution < -0.4 is 40.1 Å². The minimum Gasteiger partial charge on any atom is -0.401 e. The minimum atomic E-state index is -1.64. The van der Waals surface area contributed by atoms with Crippen molar-refractivity contribution < 1.29 is 4.79 Å². The number of nitrogens with two attached hydrogens (primary N) is 7. The fraction of sp³-hybridized carbons (Fsp3) is 0.545. The molecule has 104 valence electrons. The standard InChI is InChI=1S/C11H19N7O/c12-4-3-6(14)9(1-2-9)11(17,18)8(19)10(3,16)7(15)5(4)13/h7H,1-2,12-18H2. The van der Waals surface area contributed by atoms with E-state index in [-0.39, 0.29) is 11.4 Å². The molecule has 2 unspecified atom stereocenters. The summed E-state index contributed by atoms with van der Waals surface area (Å²) in [5, 5.41) is 0. The number of hydrogen-bond donors (Lipinski definition) is 7. The number of rotatable bonds is 0. The fourth-order valence-corrected chi connectivity index (χ4v) is 3.39. The molecule has 8 nitrogen and oxygen atoms in total. The van der Waals surface area contributed by atoms with Crippen molar-refractivity contribution in [3.05, 3.63) is 22.7 Å². The molecule has 2 atom stereocenters. The molecule has 0 radical (unpaired) electrons. The predicted molar refractivity (Wildman–Crippen MR) is 69.3 cm³/mol. The minimum absolute atomic E-state index is 0.155. The van der Waals surface area contributed by atoms with E-state index in [9.17, 15) is 4.79 Å². The van der Waals surface area contributed by atoms with Gasteiger partial charge >= 0.3 is 0 Å². The molecular formula is C11H19N7O. The molecule has 3 rings (SSSR count). The molecule has 0 aromatic heterocycles. The number of hydrogen-bond acceptors (Lipinski definition) is 8. The SMILES string of the molecule is NC1=C(N)C(N)C2(N)C(=O)C(N)(N)C3(CC3)C(N)=C12. The molecule has 0 aliphatic heterocycles. The van der Waals surface area contributed by atoms with Gasteiger partial charge in [0, 0.05) is 16.7 Å². The first-order valence-corrected chi connectivity index (χ1v) is 6.05. The lowest BCUT2D eigenvalue weighted by Crippen LogP contribution is -2.78. The highest BCUT2D eigenvalue weighted by Crippen LogP contribution is 2.61. The molecular weight excluding hydrogens is 246 g/mol.